The van der Waals surface area contributed by atoms with E-state index >= 15 is 0 Å². The minimum Gasteiger partial charge on any atom is -0.507 e. The number of aryl methyl sites for hydroxylation is 1. The van der Waals surface area contributed by atoms with Gasteiger partial charge in [0, 0.05) is 28.4 Å². The van der Waals surface area contributed by atoms with E-state index in [-0.39, 0.29) is 23.7 Å². The third-order valence-corrected chi connectivity index (χ3v) is 6.95. The summed E-state index contributed by atoms with van der Waals surface area (Å²) in [7, 11) is 0. The van der Waals surface area contributed by atoms with E-state index in [1.165, 1.54) is 24.3 Å². The van der Waals surface area contributed by atoms with Gasteiger partial charge in [-0.1, -0.05) is 18.6 Å². The summed E-state index contributed by atoms with van der Waals surface area (Å²) < 4.78 is 30.5. The van der Waals surface area contributed by atoms with Crippen molar-refractivity contribution in [1.29, 1.82) is 0 Å². The highest BCUT2D eigenvalue weighted by Gasteiger charge is 2.44. The molecule has 1 aliphatic rings. The largest absolute Gasteiger partial charge is 0.507 e. The van der Waals surface area contributed by atoms with Crippen LogP contribution < -0.4 is 0 Å². The Morgan fingerprint density at radius 1 is 1.06 bits per heavy atom. The number of halogens is 2. The summed E-state index contributed by atoms with van der Waals surface area (Å²) in [6.07, 6.45) is 2.26. The first-order valence-corrected chi connectivity index (χ1v) is 11.0. The highest BCUT2D eigenvalue weighted by atomic mass is 19.1. The average molecular weight is 463 g/mol. The van der Waals surface area contributed by atoms with E-state index in [4.69, 9.17) is 0 Å². The summed E-state index contributed by atoms with van der Waals surface area (Å²) >= 11 is 0. The monoisotopic (exact) mass is 463 g/mol. The molecule has 0 spiro atoms. The van der Waals surface area contributed by atoms with Gasteiger partial charge in [0.15, 0.2) is 0 Å². The lowest BCUT2D eigenvalue weighted by Gasteiger charge is -2.42. The third kappa shape index (κ3) is 3.27. The fraction of sp³-hybridized carbons (Fsp3) is 0.222. The van der Waals surface area contributed by atoms with Crippen molar-refractivity contribution >= 4 is 16.9 Å². The topological polar surface area (TPSA) is 82.7 Å². The normalized spacial score (nSPS) is 14.8. The van der Waals surface area contributed by atoms with E-state index < -0.39 is 17.2 Å². The molecule has 0 saturated heterocycles. The van der Waals surface area contributed by atoms with Gasteiger partial charge in [-0.3, -0.25) is 0 Å². The van der Waals surface area contributed by atoms with Crippen LogP contribution in [0.25, 0.3) is 27.7 Å². The molecule has 3 aromatic carbocycles. The number of rotatable bonds is 5. The highest BCUT2D eigenvalue weighted by Crippen LogP contribution is 2.52. The lowest BCUT2D eigenvalue weighted by atomic mass is 9.65. The molecule has 1 fully saturated rings. The molecule has 3 N–H and O–H groups in total. The number of carboxylic acid groups (broad SMARTS) is 1. The number of aromatic hydroxyl groups is 1. The summed E-state index contributed by atoms with van der Waals surface area (Å²) in [6.45, 7) is 1.48. The van der Waals surface area contributed by atoms with Gasteiger partial charge in [-0.2, -0.15) is 0 Å². The Morgan fingerprint density at radius 2 is 1.76 bits per heavy atom. The van der Waals surface area contributed by atoms with Gasteiger partial charge < -0.3 is 19.9 Å². The lowest BCUT2D eigenvalue weighted by molar-refractivity contribution is 0.0697. The minimum absolute atomic E-state index is 0.110. The van der Waals surface area contributed by atoms with Crippen molar-refractivity contribution < 1.29 is 28.9 Å². The number of phenolic OH excluding ortho intramolecular Hbond substituents is 1. The summed E-state index contributed by atoms with van der Waals surface area (Å²) in [4.78, 5) is 11.4. The summed E-state index contributed by atoms with van der Waals surface area (Å²) in [6, 6.07) is 13.2. The fourth-order valence-electron chi connectivity index (χ4n) is 5.03. The molecule has 5 rings (SSSR count). The molecule has 4 aromatic rings. The molecule has 0 aliphatic heterocycles. The van der Waals surface area contributed by atoms with E-state index in [1.54, 1.807) is 35.8 Å². The summed E-state index contributed by atoms with van der Waals surface area (Å²) in [5.74, 6) is -2.33. The molecule has 0 amide bonds. The number of aliphatic hydroxyl groups is 1. The fourth-order valence-corrected chi connectivity index (χ4v) is 5.03. The van der Waals surface area contributed by atoms with Crippen LogP contribution in [0.1, 0.15) is 40.9 Å². The van der Waals surface area contributed by atoms with Crippen molar-refractivity contribution in [3.05, 3.63) is 83.1 Å². The Labute approximate surface area is 194 Å². The number of fused-ring (bicyclic) bond motifs is 1. The molecule has 1 aliphatic carbocycles. The van der Waals surface area contributed by atoms with Crippen LogP contribution in [0.3, 0.4) is 0 Å². The van der Waals surface area contributed by atoms with Crippen LogP contribution in [-0.2, 0) is 5.41 Å². The number of benzene rings is 3. The number of aliphatic hydroxyl groups excluding tert-OH is 1. The van der Waals surface area contributed by atoms with Crippen LogP contribution >= 0.6 is 0 Å². The van der Waals surface area contributed by atoms with E-state index in [0.29, 0.717) is 51.8 Å². The van der Waals surface area contributed by atoms with Gasteiger partial charge in [0.05, 0.1) is 23.1 Å². The molecule has 0 bridgehead atoms. The number of carbonyl (C=O) groups is 1. The van der Waals surface area contributed by atoms with Gasteiger partial charge in [-0.15, -0.1) is 0 Å². The molecular formula is C27H23F2NO4. The zero-order valence-corrected chi connectivity index (χ0v) is 18.5. The third-order valence-electron chi connectivity index (χ3n) is 6.95. The highest BCUT2D eigenvalue weighted by molar-refractivity contribution is 6.04. The van der Waals surface area contributed by atoms with Gasteiger partial charge in [-0.05, 0) is 67.3 Å². The maximum absolute atomic E-state index is 14.5. The van der Waals surface area contributed by atoms with Gasteiger partial charge in [-0.25, -0.2) is 13.6 Å². The Bertz CT molecular complexity index is 1430. The quantitative estimate of drug-likeness (QED) is 0.355. The van der Waals surface area contributed by atoms with Crippen LogP contribution in [-0.4, -0.2) is 32.5 Å². The van der Waals surface area contributed by atoms with E-state index in [2.05, 4.69) is 0 Å². The maximum Gasteiger partial charge on any atom is 0.335 e. The first-order valence-electron chi connectivity index (χ1n) is 11.0. The number of carboxylic acids is 1. The number of nitrogens with zero attached hydrogens (tertiary/aromatic N) is 1. The predicted octanol–water partition coefficient (Wildman–Crippen LogP) is 5.70. The van der Waals surface area contributed by atoms with Gasteiger partial charge in [0.2, 0.25) is 0 Å². The molecule has 1 heterocycles. The standard InChI is InChI=1S/C27H23F2NO4/c1-15-11-19(7-8-20(15)29)30-21-12-18(28)13-22(32)24(21)23(25(30)27(14-31)9-2-10-27)16-3-5-17(6-4-16)26(33)34/h3-8,11-13,31-32H,2,9-10,14H2,1H3,(H,33,34). The van der Waals surface area contributed by atoms with Crippen molar-refractivity contribution in [2.75, 3.05) is 6.61 Å². The Morgan fingerprint density at radius 3 is 2.32 bits per heavy atom. The van der Waals surface area contributed by atoms with Gasteiger partial charge >= 0.3 is 5.97 Å². The summed E-state index contributed by atoms with van der Waals surface area (Å²) in [5.41, 5.74) is 2.75. The van der Waals surface area contributed by atoms with E-state index in [0.717, 1.165) is 12.5 Å². The number of phenols is 1. The van der Waals surface area contributed by atoms with Crippen molar-refractivity contribution in [3.63, 3.8) is 0 Å². The van der Waals surface area contributed by atoms with Crippen LogP contribution in [0.4, 0.5) is 8.78 Å². The molecule has 5 nitrogen and oxygen atoms in total. The zero-order chi connectivity index (χ0) is 24.2. The zero-order valence-electron chi connectivity index (χ0n) is 18.5. The van der Waals surface area contributed by atoms with Crippen molar-refractivity contribution in [2.24, 2.45) is 0 Å². The number of hydrogen-bond acceptors (Lipinski definition) is 3. The molecule has 1 aromatic heterocycles. The first-order chi connectivity index (χ1) is 16.3. The second-order valence-corrected chi connectivity index (χ2v) is 8.99. The smallest absolute Gasteiger partial charge is 0.335 e. The molecule has 1 saturated carbocycles. The molecule has 0 radical (unpaired) electrons. The minimum atomic E-state index is -1.06. The molecule has 0 atom stereocenters. The van der Waals surface area contributed by atoms with Crippen LogP contribution in [0.2, 0.25) is 0 Å². The summed E-state index contributed by atoms with van der Waals surface area (Å²) in [5, 5.41) is 31.1. The first kappa shape index (κ1) is 22.1. The van der Waals surface area contributed by atoms with Crippen LogP contribution in [0, 0.1) is 18.6 Å². The van der Waals surface area contributed by atoms with E-state index in [1.807, 2.05) is 0 Å². The Kier molecular flexibility index (Phi) is 5.17. The van der Waals surface area contributed by atoms with Crippen LogP contribution in [0.5, 0.6) is 5.75 Å². The van der Waals surface area contributed by atoms with Crippen molar-refractivity contribution in [3.8, 4) is 22.6 Å². The Balaban J connectivity index is 1.94. The average Bonchev–Trinajstić information content (AvgIpc) is 3.11. The van der Waals surface area contributed by atoms with Crippen LogP contribution in [0.15, 0.2) is 54.6 Å². The van der Waals surface area contributed by atoms with Crippen molar-refractivity contribution in [1.82, 2.24) is 4.57 Å². The predicted molar refractivity (Wildman–Crippen MR) is 125 cm³/mol. The van der Waals surface area contributed by atoms with Gasteiger partial charge in [0.25, 0.3) is 0 Å². The van der Waals surface area contributed by atoms with Crippen molar-refractivity contribution in [2.45, 2.75) is 31.6 Å². The SMILES string of the molecule is Cc1cc(-n2c(C3(CO)CCC3)c(-c3ccc(C(=O)O)cc3)c3c(O)cc(F)cc32)ccc1F. The molecule has 34 heavy (non-hydrogen) atoms. The molecule has 0 unspecified atom stereocenters. The second-order valence-electron chi connectivity index (χ2n) is 8.99. The second kappa shape index (κ2) is 7.95. The molecule has 174 valence electrons. The maximum atomic E-state index is 14.5. The Hall–Kier alpha value is -3.71. The number of aromatic carboxylic acids is 1. The van der Waals surface area contributed by atoms with E-state index in [9.17, 15) is 28.9 Å². The van der Waals surface area contributed by atoms with Gasteiger partial charge in [0.1, 0.15) is 17.4 Å². The number of hydrogen-bond donors (Lipinski definition) is 3. The molecule has 7 heteroatoms. The molecular weight excluding hydrogens is 440 g/mol. The number of aromatic nitrogens is 1. The lowest BCUT2D eigenvalue weighted by Crippen LogP contribution is -2.40.